The highest BCUT2D eigenvalue weighted by Gasteiger charge is 2.56. The van der Waals surface area contributed by atoms with Crippen molar-refractivity contribution in [2.24, 2.45) is 17.8 Å². The maximum atomic E-state index is 13.8. The number of imide groups is 1. The molecule has 2 aromatic rings. The zero-order valence-corrected chi connectivity index (χ0v) is 20.3. The van der Waals surface area contributed by atoms with Gasteiger partial charge < -0.3 is 5.11 Å². The van der Waals surface area contributed by atoms with Gasteiger partial charge in [0, 0.05) is 34.8 Å². The highest BCUT2D eigenvalue weighted by molar-refractivity contribution is 6.25. The summed E-state index contributed by atoms with van der Waals surface area (Å²) in [5.74, 6) is -4.10. The van der Waals surface area contributed by atoms with Gasteiger partial charge in [0.25, 0.3) is 5.69 Å². The molecular formula is C29H22N2O7. The van der Waals surface area contributed by atoms with E-state index in [2.05, 4.69) is 0 Å². The number of nitro groups is 1. The topological polar surface area (TPSA) is 135 Å². The zero-order valence-electron chi connectivity index (χ0n) is 20.3. The Bertz CT molecular complexity index is 1580. The Kier molecular flexibility index (Phi) is 5.27. The molecule has 0 radical (unpaired) electrons. The third-order valence-electron chi connectivity index (χ3n) is 8.07. The number of non-ortho nitro benzene ring substituents is 1. The number of fused-ring (bicyclic) bond motifs is 3. The minimum atomic E-state index is -0.787. The molecule has 0 aromatic heterocycles. The molecule has 1 N–H and O–H groups in total. The fraction of sp³-hybridized carbons (Fsp3) is 0.241. The second-order valence-corrected chi connectivity index (χ2v) is 10.1. The number of allylic oxidation sites excluding steroid dienone is 6. The van der Waals surface area contributed by atoms with Crippen LogP contribution in [0.2, 0.25) is 0 Å². The molecule has 4 aliphatic rings. The standard InChI is InChI=1S/C29H22N2O7/c1-14-10-23(33)22-13-21-19(24(26(22)27(14)34)15-4-2-7-18(32)11-15)8-9-20-25(21)29(36)30(28(20)35)16-5-3-6-17(12-16)31(37)38/h2-8,10-12,20-21,24-25,32H,9,13H2,1H3/t20-,21+,24-,25-/m0/s1. The average molecular weight is 511 g/mol. The summed E-state index contributed by atoms with van der Waals surface area (Å²) in [6.07, 6.45) is 3.58. The number of carbonyl (C=O) groups excluding carboxylic acids is 4. The molecule has 2 amide bonds. The van der Waals surface area contributed by atoms with Crippen LogP contribution in [-0.4, -0.2) is 33.4 Å². The number of benzene rings is 2. The zero-order chi connectivity index (χ0) is 26.9. The number of hydrogen-bond donors (Lipinski definition) is 1. The summed E-state index contributed by atoms with van der Waals surface area (Å²) in [5, 5.41) is 21.5. The van der Waals surface area contributed by atoms with Crippen LogP contribution in [0.5, 0.6) is 5.75 Å². The maximum Gasteiger partial charge on any atom is 0.271 e. The van der Waals surface area contributed by atoms with Crippen LogP contribution >= 0.6 is 0 Å². The van der Waals surface area contributed by atoms with Crippen LogP contribution < -0.4 is 4.90 Å². The quantitative estimate of drug-likeness (QED) is 0.217. The number of carbonyl (C=O) groups is 4. The summed E-state index contributed by atoms with van der Waals surface area (Å²) in [6, 6.07) is 11.9. The van der Waals surface area contributed by atoms with E-state index >= 15 is 0 Å². The number of hydrogen-bond acceptors (Lipinski definition) is 7. The van der Waals surface area contributed by atoms with Crippen molar-refractivity contribution in [3.05, 3.63) is 98.7 Å². The number of nitro benzene ring substituents is 1. The number of ketones is 2. The predicted molar refractivity (Wildman–Crippen MR) is 135 cm³/mol. The van der Waals surface area contributed by atoms with Gasteiger partial charge in [0.05, 0.1) is 22.4 Å². The minimum absolute atomic E-state index is 0.00637. The molecule has 4 atom stereocenters. The number of phenols is 1. The minimum Gasteiger partial charge on any atom is -0.508 e. The van der Waals surface area contributed by atoms with Gasteiger partial charge in [-0.2, -0.15) is 0 Å². The Labute approximate surface area is 216 Å². The monoisotopic (exact) mass is 510 g/mol. The SMILES string of the molecule is CC1=CC(=O)C2=C(C1=O)[C@@H](c1cccc(O)c1)C1=CC[C@@H]3C(=O)N(c4cccc([N+](=O)[O-])c4)C(=O)[C@@H]3[C@@H]1C2. The van der Waals surface area contributed by atoms with Gasteiger partial charge in [-0.3, -0.25) is 29.3 Å². The summed E-state index contributed by atoms with van der Waals surface area (Å²) in [7, 11) is 0. The molecule has 1 heterocycles. The molecule has 0 saturated carbocycles. The van der Waals surface area contributed by atoms with Crippen LogP contribution in [0.25, 0.3) is 0 Å². The normalized spacial score (nSPS) is 26.5. The lowest BCUT2D eigenvalue weighted by Crippen LogP contribution is -2.39. The molecule has 1 fully saturated rings. The van der Waals surface area contributed by atoms with Crippen molar-refractivity contribution in [2.45, 2.75) is 25.7 Å². The van der Waals surface area contributed by atoms with Crippen LogP contribution in [0.4, 0.5) is 11.4 Å². The lowest BCUT2D eigenvalue weighted by Gasteiger charge is -2.42. The largest absolute Gasteiger partial charge is 0.508 e. The van der Waals surface area contributed by atoms with Gasteiger partial charge in [0.1, 0.15) is 5.75 Å². The molecule has 0 spiro atoms. The first-order valence-electron chi connectivity index (χ1n) is 12.3. The third-order valence-corrected chi connectivity index (χ3v) is 8.07. The van der Waals surface area contributed by atoms with Crippen molar-refractivity contribution in [3.8, 4) is 5.75 Å². The van der Waals surface area contributed by atoms with Crippen molar-refractivity contribution < 1.29 is 29.2 Å². The molecule has 1 aliphatic heterocycles. The van der Waals surface area contributed by atoms with Crippen LogP contribution in [0.1, 0.15) is 31.2 Å². The molecule has 2 aromatic carbocycles. The smallest absolute Gasteiger partial charge is 0.271 e. The van der Waals surface area contributed by atoms with Crippen molar-refractivity contribution in [2.75, 3.05) is 4.90 Å². The number of nitrogens with zero attached hydrogens (tertiary/aromatic N) is 2. The van der Waals surface area contributed by atoms with Crippen LogP contribution in [0.15, 0.2) is 83.0 Å². The van der Waals surface area contributed by atoms with E-state index in [9.17, 15) is 34.4 Å². The van der Waals surface area contributed by atoms with E-state index in [1.807, 2.05) is 6.08 Å². The molecule has 0 unspecified atom stereocenters. The van der Waals surface area contributed by atoms with Gasteiger partial charge in [0.15, 0.2) is 11.6 Å². The molecule has 6 rings (SSSR count). The van der Waals surface area contributed by atoms with Crippen molar-refractivity contribution in [1.29, 1.82) is 0 Å². The second kappa shape index (κ2) is 8.44. The number of anilines is 1. The van der Waals surface area contributed by atoms with Gasteiger partial charge in [-0.1, -0.05) is 29.8 Å². The Morgan fingerprint density at radius 2 is 1.76 bits per heavy atom. The number of aromatic hydroxyl groups is 1. The first kappa shape index (κ1) is 23.7. The highest BCUT2D eigenvalue weighted by Crippen LogP contribution is 2.55. The fourth-order valence-corrected chi connectivity index (χ4v) is 6.45. The van der Waals surface area contributed by atoms with E-state index < -0.39 is 40.4 Å². The first-order chi connectivity index (χ1) is 18.2. The van der Waals surface area contributed by atoms with Crippen LogP contribution in [-0.2, 0) is 19.2 Å². The van der Waals surface area contributed by atoms with Gasteiger partial charge in [-0.15, -0.1) is 0 Å². The van der Waals surface area contributed by atoms with Crippen LogP contribution in [0, 0.1) is 27.9 Å². The molecule has 9 heteroatoms. The molecular weight excluding hydrogens is 488 g/mol. The molecule has 38 heavy (non-hydrogen) atoms. The Hall–Kier alpha value is -4.66. The van der Waals surface area contributed by atoms with E-state index in [1.54, 1.807) is 25.1 Å². The molecule has 190 valence electrons. The lowest BCUT2D eigenvalue weighted by atomic mass is 9.59. The third kappa shape index (κ3) is 3.38. The predicted octanol–water partition coefficient (Wildman–Crippen LogP) is 3.93. The molecule has 1 saturated heterocycles. The van der Waals surface area contributed by atoms with Gasteiger partial charge in [-0.25, -0.2) is 4.90 Å². The Morgan fingerprint density at radius 1 is 1.00 bits per heavy atom. The second-order valence-electron chi connectivity index (χ2n) is 10.1. The summed E-state index contributed by atoms with van der Waals surface area (Å²) < 4.78 is 0. The fourth-order valence-electron chi connectivity index (χ4n) is 6.45. The maximum absolute atomic E-state index is 13.8. The highest BCUT2D eigenvalue weighted by atomic mass is 16.6. The number of Topliss-reactive ketones (excluding diaryl/α,β-unsaturated/α-hetero) is 1. The summed E-state index contributed by atoms with van der Waals surface area (Å²) in [5.41, 5.74) is 2.30. The van der Waals surface area contributed by atoms with E-state index in [-0.39, 0.29) is 41.5 Å². The van der Waals surface area contributed by atoms with Gasteiger partial charge >= 0.3 is 0 Å². The number of phenolic OH excluding ortho intramolecular Hbond substituents is 1. The molecule has 9 nitrogen and oxygen atoms in total. The van der Waals surface area contributed by atoms with Crippen molar-refractivity contribution >= 4 is 34.8 Å². The summed E-state index contributed by atoms with van der Waals surface area (Å²) >= 11 is 0. The van der Waals surface area contributed by atoms with E-state index in [4.69, 9.17) is 0 Å². The van der Waals surface area contributed by atoms with E-state index in [0.717, 1.165) is 10.5 Å². The Morgan fingerprint density at radius 3 is 2.50 bits per heavy atom. The number of rotatable bonds is 3. The first-order valence-corrected chi connectivity index (χ1v) is 12.3. The summed E-state index contributed by atoms with van der Waals surface area (Å²) in [4.78, 5) is 65.5. The van der Waals surface area contributed by atoms with E-state index in [0.29, 0.717) is 22.3 Å². The molecule has 0 bridgehead atoms. The summed E-state index contributed by atoms with van der Waals surface area (Å²) in [6.45, 7) is 1.59. The van der Waals surface area contributed by atoms with Gasteiger partial charge in [0.2, 0.25) is 11.8 Å². The van der Waals surface area contributed by atoms with E-state index in [1.165, 1.54) is 36.4 Å². The average Bonchev–Trinajstić information content (AvgIpc) is 3.15. The van der Waals surface area contributed by atoms with Crippen molar-refractivity contribution in [3.63, 3.8) is 0 Å². The van der Waals surface area contributed by atoms with Gasteiger partial charge in [-0.05, 0) is 55.5 Å². The molecule has 3 aliphatic carbocycles. The van der Waals surface area contributed by atoms with Crippen LogP contribution in [0.3, 0.4) is 0 Å². The van der Waals surface area contributed by atoms with Crippen molar-refractivity contribution in [1.82, 2.24) is 0 Å². The number of amides is 2. The Balaban J connectivity index is 1.47. The lowest BCUT2D eigenvalue weighted by molar-refractivity contribution is -0.384.